The molecule has 1 atom stereocenters. The lowest BCUT2D eigenvalue weighted by Gasteiger charge is -2.16. The van der Waals surface area contributed by atoms with E-state index >= 15 is 0 Å². The fraction of sp³-hybridized carbons (Fsp3) is 0.235. The highest BCUT2D eigenvalue weighted by Gasteiger charge is 2.19. The van der Waals surface area contributed by atoms with Crippen molar-refractivity contribution in [2.24, 2.45) is 5.92 Å². The Morgan fingerprint density at radius 2 is 2.09 bits per heavy atom. The van der Waals surface area contributed by atoms with Gasteiger partial charge in [0.2, 0.25) is 0 Å². The van der Waals surface area contributed by atoms with E-state index in [1.807, 2.05) is 6.07 Å². The van der Waals surface area contributed by atoms with Crippen LogP contribution in [0.5, 0.6) is 5.75 Å². The molecule has 2 N–H and O–H groups in total. The van der Waals surface area contributed by atoms with Crippen molar-refractivity contribution >= 4 is 11.8 Å². The number of nitrogens with one attached hydrogen (secondary N) is 1. The molecule has 0 bridgehead atoms. The number of phenolic OH excluding ortho intramolecular Hbond substituents is 1. The summed E-state index contributed by atoms with van der Waals surface area (Å²) < 4.78 is 4.84. The Bertz CT molecular complexity index is 691. The lowest BCUT2D eigenvalue weighted by molar-refractivity contribution is -0.144. The van der Waals surface area contributed by atoms with Crippen LogP contribution in [0.2, 0.25) is 0 Å². The number of nitrogens with zero attached hydrogens (tertiary/aromatic N) is 2. The van der Waals surface area contributed by atoms with Gasteiger partial charge in [0, 0.05) is 12.7 Å². The van der Waals surface area contributed by atoms with Crippen molar-refractivity contribution in [2.75, 3.05) is 19.0 Å². The van der Waals surface area contributed by atoms with Crippen LogP contribution in [0.1, 0.15) is 11.1 Å². The van der Waals surface area contributed by atoms with Crippen molar-refractivity contribution in [1.29, 1.82) is 5.26 Å². The normalized spacial score (nSPS) is 11.3. The van der Waals surface area contributed by atoms with Crippen molar-refractivity contribution in [1.82, 2.24) is 4.98 Å². The molecule has 1 unspecified atom stereocenters. The second kappa shape index (κ2) is 7.80. The summed E-state index contributed by atoms with van der Waals surface area (Å²) in [7, 11) is 1.35. The summed E-state index contributed by atoms with van der Waals surface area (Å²) in [5, 5.41) is 21.1. The zero-order valence-corrected chi connectivity index (χ0v) is 12.7. The fourth-order valence-corrected chi connectivity index (χ4v) is 2.11. The number of aromatic nitrogens is 1. The third-order valence-electron chi connectivity index (χ3n) is 3.38. The van der Waals surface area contributed by atoms with E-state index in [2.05, 4.69) is 10.3 Å². The molecule has 1 heterocycles. The Labute approximate surface area is 134 Å². The number of phenols is 1. The van der Waals surface area contributed by atoms with Gasteiger partial charge in [-0.1, -0.05) is 12.1 Å². The van der Waals surface area contributed by atoms with Gasteiger partial charge in [-0.2, -0.15) is 5.26 Å². The number of anilines is 1. The van der Waals surface area contributed by atoms with E-state index in [1.54, 1.807) is 36.4 Å². The summed E-state index contributed by atoms with van der Waals surface area (Å²) in [6.07, 6.45) is 1.95. The van der Waals surface area contributed by atoms with E-state index in [0.29, 0.717) is 24.3 Å². The SMILES string of the molecule is COC(=O)C(CNc1ccc(C#N)cn1)Cc1ccc(O)cc1. The second-order valence-corrected chi connectivity index (χ2v) is 5.02. The van der Waals surface area contributed by atoms with Gasteiger partial charge in [-0.05, 0) is 36.2 Å². The summed E-state index contributed by atoms with van der Waals surface area (Å²) in [6.45, 7) is 0.354. The number of methoxy groups -OCH3 is 1. The van der Waals surface area contributed by atoms with Crippen LogP contribution in [0.4, 0.5) is 5.82 Å². The van der Waals surface area contributed by atoms with E-state index in [1.165, 1.54) is 13.3 Å². The molecule has 2 rings (SSSR count). The van der Waals surface area contributed by atoms with Crippen molar-refractivity contribution in [3.63, 3.8) is 0 Å². The van der Waals surface area contributed by atoms with Gasteiger partial charge in [0.1, 0.15) is 17.6 Å². The number of carbonyl (C=O) groups excluding carboxylic acids is 1. The van der Waals surface area contributed by atoms with E-state index < -0.39 is 0 Å². The van der Waals surface area contributed by atoms with E-state index in [4.69, 9.17) is 10.00 Å². The van der Waals surface area contributed by atoms with Crippen LogP contribution >= 0.6 is 0 Å². The van der Waals surface area contributed by atoms with Crippen LogP contribution in [0.25, 0.3) is 0 Å². The fourth-order valence-electron chi connectivity index (χ4n) is 2.11. The minimum absolute atomic E-state index is 0.184. The maximum atomic E-state index is 11.9. The van der Waals surface area contributed by atoms with Crippen molar-refractivity contribution < 1.29 is 14.6 Å². The molecule has 6 nitrogen and oxygen atoms in total. The van der Waals surface area contributed by atoms with Crippen LogP contribution in [0.3, 0.4) is 0 Å². The maximum absolute atomic E-state index is 11.9. The molecule has 0 aliphatic carbocycles. The van der Waals surface area contributed by atoms with Gasteiger partial charge in [-0.3, -0.25) is 4.79 Å². The zero-order valence-electron chi connectivity index (χ0n) is 12.7. The summed E-state index contributed by atoms with van der Waals surface area (Å²) in [5.41, 5.74) is 1.40. The Hall–Kier alpha value is -3.07. The number of ether oxygens (including phenoxy) is 1. The number of esters is 1. The van der Waals surface area contributed by atoms with Crippen LogP contribution in [0, 0.1) is 17.2 Å². The summed E-state index contributed by atoms with van der Waals surface area (Å²) in [4.78, 5) is 16.0. The molecule has 0 saturated carbocycles. The highest BCUT2D eigenvalue weighted by molar-refractivity contribution is 5.73. The van der Waals surface area contributed by atoms with Crippen molar-refractivity contribution in [2.45, 2.75) is 6.42 Å². The smallest absolute Gasteiger partial charge is 0.310 e. The first-order chi connectivity index (χ1) is 11.1. The standard InChI is InChI=1S/C17H17N3O3/c1-23-17(22)14(8-12-2-5-15(21)6-3-12)11-20-16-7-4-13(9-18)10-19-16/h2-7,10,14,21H,8,11H2,1H3,(H,19,20). The zero-order chi connectivity index (χ0) is 16.7. The van der Waals surface area contributed by atoms with Gasteiger partial charge < -0.3 is 15.2 Å². The molecule has 23 heavy (non-hydrogen) atoms. The topological polar surface area (TPSA) is 95.2 Å². The minimum Gasteiger partial charge on any atom is -0.508 e. The Morgan fingerprint density at radius 1 is 1.35 bits per heavy atom. The molecule has 1 aromatic carbocycles. The van der Waals surface area contributed by atoms with Crippen molar-refractivity contribution in [3.8, 4) is 11.8 Å². The third kappa shape index (κ3) is 4.71. The molecule has 6 heteroatoms. The highest BCUT2D eigenvalue weighted by atomic mass is 16.5. The molecule has 0 saturated heterocycles. The van der Waals surface area contributed by atoms with Crippen LogP contribution < -0.4 is 5.32 Å². The molecule has 0 amide bonds. The van der Waals surface area contributed by atoms with E-state index in [9.17, 15) is 9.90 Å². The predicted molar refractivity (Wildman–Crippen MR) is 84.8 cm³/mol. The maximum Gasteiger partial charge on any atom is 0.310 e. The van der Waals surface area contributed by atoms with Gasteiger partial charge in [0.05, 0.1) is 18.6 Å². The molecule has 1 aromatic heterocycles. The number of hydrogen-bond donors (Lipinski definition) is 2. The molecule has 0 aliphatic rings. The number of rotatable bonds is 6. The highest BCUT2D eigenvalue weighted by Crippen LogP contribution is 2.15. The summed E-state index contributed by atoms with van der Waals surface area (Å²) >= 11 is 0. The van der Waals surface area contributed by atoms with Crippen LogP contribution in [-0.4, -0.2) is 29.7 Å². The second-order valence-electron chi connectivity index (χ2n) is 5.02. The average molecular weight is 311 g/mol. The lowest BCUT2D eigenvalue weighted by Crippen LogP contribution is -2.26. The average Bonchev–Trinajstić information content (AvgIpc) is 2.60. The number of nitriles is 1. The molecule has 0 radical (unpaired) electrons. The number of pyridine rings is 1. The lowest BCUT2D eigenvalue weighted by atomic mass is 9.99. The number of benzene rings is 1. The molecule has 0 fully saturated rings. The van der Waals surface area contributed by atoms with Crippen LogP contribution in [-0.2, 0) is 16.0 Å². The molecule has 2 aromatic rings. The molecule has 0 aliphatic heterocycles. The summed E-state index contributed by atoms with van der Waals surface area (Å²) in [6, 6.07) is 12.0. The van der Waals surface area contributed by atoms with Gasteiger partial charge in [-0.15, -0.1) is 0 Å². The van der Waals surface area contributed by atoms with Gasteiger partial charge in [-0.25, -0.2) is 4.98 Å². The first-order valence-corrected chi connectivity index (χ1v) is 7.08. The first-order valence-electron chi connectivity index (χ1n) is 7.08. The molecule has 118 valence electrons. The van der Waals surface area contributed by atoms with Gasteiger partial charge in [0.15, 0.2) is 0 Å². The minimum atomic E-state index is -0.387. The molecular weight excluding hydrogens is 294 g/mol. The predicted octanol–water partition coefficient (Wildman–Crippen LogP) is 2.10. The van der Waals surface area contributed by atoms with Crippen LogP contribution in [0.15, 0.2) is 42.6 Å². The number of carbonyl (C=O) groups is 1. The Kier molecular flexibility index (Phi) is 5.53. The Balaban J connectivity index is 2.01. The first kappa shape index (κ1) is 16.3. The van der Waals surface area contributed by atoms with Crippen molar-refractivity contribution in [3.05, 3.63) is 53.7 Å². The summed E-state index contributed by atoms with van der Waals surface area (Å²) in [5.74, 6) is 0.0630. The Morgan fingerprint density at radius 3 is 2.65 bits per heavy atom. The number of aromatic hydroxyl groups is 1. The monoisotopic (exact) mass is 311 g/mol. The van der Waals surface area contributed by atoms with E-state index in [-0.39, 0.29) is 17.6 Å². The van der Waals surface area contributed by atoms with E-state index in [0.717, 1.165) is 5.56 Å². The molecular formula is C17H17N3O3. The molecule has 0 spiro atoms. The largest absolute Gasteiger partial charge is 0.508 e. The van der Waals surface area contributed by atoms with Gasteiger partial charge >= 0.3 is 5.97 Å². The number of hydrogen-bond acceptors (Lipinski definition) is 6. The third-order valence-corrected chi connectivity index (χ3v) is 3.38. The van der Waals surface area contributed by atoms with Gasteiger partial charge in [0.25, 0.3) is 0 Å². The quantitative estimate of drug-likeness (QED) is 0.793.